The molecule has 2 fully saturated rings. The van der Waals surface area contributed by atoms with Crippen molar-refractivity contribution >= 4 is 39.3 Å². The highest BCUT2D eigenvalue weighted by molar-refractivity contribution is 7.83. The van der Waals surface area contributed by atoms with E-state index in [0.717, 1.165) is 24.2 Å². The molecule has 1 aliphatic heterocycles. The van der Waals surface area contributed by atoms with Crippen LogP contribution in [0.1, 0.15) is 18.4 Å². The van der Waals surface area contributed by atoms with Gasteiger partial charge in [-0.15, -0.1) is 11.3 Å². The Labute approximate surface area is 181 Å². The van der Waals surface area contributed by atoms with Crippen LogP contribution in [0.3, 0.4) is 0 Å². The Kier molecular flexibility index (Phi) is 6.45. The molecule has 0 bridgehead atoms. The van der Waals surface area contributed by atoms with E-state index >= 15 is 0 Å². The molecule has 0 radical (unpaired) electrons. The summed E-state index contributed by atoms with van der Waals surface area (Å²) in [4.78, 5) is 31.7. The maximum absolute atomic E-state index is 13.1. The molecule has 0 spiro atoms. The maximum Gasteiger partial charge on any atom is 0.249 e. The molecule has 1 aromatic heterocycles. The highest BCUT2D eigenvalue weighted by Gasteiger charge is 2.39. The molecule has 1 aromatic carbocycles. The molecule has 4 rings (SSSR count). The van der Waals surface area contributed by atoms with Gasteiger partial charge in [-0.3, -0.25) is 9.59 Å². The van der Waals surface area contributed by atoms with E-state index < -0.39 is 17.0 Å². The number of carbonyl (C=O) groups is 2. The van der Waals surface area contributed by atoms with Gasteiger partial charge >= 0.3 is 0 Å². The van der Waals surface area contributed by atoms with Crippen LogP contribution in [-0.2, 0) is 27.0 Å². The number of hydrogen-bond acceptors (Lipinski definition) is 6. The molecule has 8 nitrogen and oxygen atoms in total. The summed E-state index contributed by atoms with van der Waals surface area (Å²) in [6.07, 6.45) is 3.91. The van der Waals surface area contributed by atoms with E-state index in [1.165, 1.54) is 11.3 Å². The van der Waals surface area contributed by atoms with Crippen molar-refractivity contribution in [2.24, 2.45) is 0 Å². The molecule has 2 amide bonds. The Morgan fingerprint density at radius 2 is 2.10 bits per heavy atom. The first-order chi connectivity index (χ1) is 14.5. The third-order valence-electron chi connectivity index (χ3n) is 5.22. The summed E-state index contributed by atoms with van der Waals surface area (Å²) in [6.45, 7) is 0.939. The minimum absolute atomic E-state index is 0.0761. The number of amides is 2. The second kappa shape index (κ2) is 9.23. The topological polar surface area (TPSA) is 91.8 Å². The molecule has 30 heavy (non-hydrogen) atoms. The van der Waals surface area contributed by atoms with Crippen LogP contribution >= 0.6 is 11.3 Å². The fourth-order valence-electron chi connectivity index (χ4n) is 3.43. The predicted octanol–water partition coefficient (Wildman–Crippen LogP) is 1.67. The first kappa shape index (κ1) is 21.0. The Balaban J connectivity index is 1.50. The van der Waals surface area contributed by atoms with E-state index in [1.807, 2.05) is 24.3 Å². The van der Waals surface area contributed by atoms with E-state index in [4.69, 9.17) is 4.74 Å². The molecule has 160 valence electrons. The SMILES string of the molecule is COc1ccc(C[C@@H](C(=O)Nc2nccs2)N2CCN(S(=O)C3CC3)CC2=O)cc1. The first-order valence-corrected chi connectivity index (χ1v) is 11.9. The molecule has 2 aliphatic rings. The first-order valence-electron chi connectivity index (χ1n) is 9.83. The third-order valence-corrected chi connectivity index (χ3v) is 7.77. The Hall–Kier alpha value is -2.30. The minimum atomic E-state index is -1.11. The highest BCUT2D eigenvalue weighted by Crippen LogP contribution is 2.29. The third kappa shape index (κ3) is 4.88. The summed E-state index contributed by atoms with van der Waals surface area (Å²) < 4.78 is 19.4. The van der Waals surface area contributed by atoms with Gasteiger partial charge in [0.2, 0.25) is 11.8 Å². The van der Waals surface area contributed by atoms with Gasteiger partial charge in [0.15, 0.2) is 5.13 Å². The van der Waals surface area contributed by atoms with Crippen LogP contribution < -0.4 is 10.1 Å². The van der Waals surface area contributed by atoms with Crippen LogP contribution in [0.15, 0.2) is 35.8 Å². The number of ether oxygens (including phenoxy) is 1. The van der Waals surface area contributed by atoms with Gasteiger partial charge in [-0.05, 0) is 30.5 Å². The zero-order valence-corrected chi connectivity index (χ0v) is 18.3. The molecule has 1 unspecified atom stereocenters. The molecular formula is C20H24N4O4S2. The molecule has 1 saturated carbocycles. The van der Waals surface area contributed by atoms with E-state index in [2.05, 4.69) is 10.3 Å². The molecule has 2 atom stereocenters. The average molecular weight is 449 g/mol. The van der Waals surface area contributed by atoms with E-state index in [9.17, 15) is 13.8 Å². The van der Waals surface area contributed by atoms with Gasteiger partial charge < -0.3 is 15.0 Å². The minimum Gasteiger partial charge on any atom is -0.497 e. The lowest BCUT2D eigenvalue weighted by Gasteiger charge is -2.37. The van der Waals surface area contributed by atoms with Crippen molar-refractivity contribution < 1.29 is 18.5 Å². The number of nitrogens with zero attached hydrogens (tertiary/aromatic N) is 3. The lowest BCUT2D eigenvalue weighted by atomic mass is 10.0. The summed E-state index contributed by atoms with van der Waals surface area (Å²) in [5.41, 5.74) is 0.923. The van der Waals surface area contributed by atoms with E-state index in [1.54, 1.807) is 27.9 Å². The molecule has 1 aliphatic carbocycles. The lowest BCUT2D eigenvalue weighted by molar-refractivity contribution is -0.141. The number of rotatable bonds is 8. The van der Waals surface area contributed by atoms with Crippen molar-refractivity contribution in [1.29, 1.82) is 0 Å². The number of benzene rings is 1. The largest absolute Gasteiger partial charge is 0.497 e. The molecular weight excluding hydrogens is 424 g/mol. The van der Waals surface area contributed by atoms with Gasteiger partial charge in [-0.1, -0.05) is 12.1 Å². The number of piperazine rings is 1. The molecule has 2 aromatic rings. The van der Waals surface area contributed by atoms with Gasteiger partial charge in [-0.25, -0.2) is 13.5 Å². The quantitative estimate of drug-likeness (QED) is 0.663. The lowest BCUT2D eigenvalue weighted by Crippen LogP contribution is -2.58. The second-order valence-corrected chi connectivity index (χ2v) is 9.95. The van der Waals surface area contributed by atoms with Gasteiger partial charge in [0.05, 0.1) is 24.6 Å². The zero-order valence-electron chi connectivity index (χ0n) is 16.7. The van der Waals surface area contributed by atoms with Crippen molar-refractivity contribution in [3.05, 3.63) is 41.4 Å². The van der Waals surface area contributed by atoms with Crippen molar-refractivity contribution in [2.75, 3.05) is 32.1 Å². The van der Waals surface area contributed by atoms with Crippen LogP contribution in [-0.4, -0.2) is 68.2 Å². The maximum atomic E-state index is 13.1. The molecule has 2 heterocycles. The smallest absolute Gasteiger partial charge is 0.249 e. The number of methoxy groups -OCH3 is 1. The normalized spacial score (nSPS) is 19.4. The molecule has 1 saturated heterocycles. The van der Waals surface area contributed by atoms with Crippen LogP contribution in [0.5, 0.6) is 5.75 Å². The standard InChI is InChI=1S/C20H24N4O4S2/c1-28-15-4-2-14(3-5-15)12-17(19(26)22-20-21-8-11-29-20)24-10-9-23(13-18(24)25)30(27)16-6-7-16/h2-5,8,11,16-17H,6-7,9-10,12-13H2,1H3,(H,21,22,26)/t17-,30?/m0/s1. The average Bonchev–Trinajstić information content (AvgIpc) is 3.49. The van der Waals surface area contributed by atoms with Crippen molar-refractivity contribution in [3.63, 3.8) is 0 Å². The van der Waals surface area contributed by atoms with Gasteiger partial charge in [0.1, 0.15) is 11.8 Å². The van der Waals surface area contributed by atoms with Crippen molar-refractivity contribution in [1.82, 2.24) is 14.2 Å². The summed E-state index contributed by atoms with van der Waals surface area (Å²) in [6, 6.07) is 6.79. The number of nitrogens with one attached hydrogen (secondary N) is 1. The second-order valence-electron chi connectivity index (χ2n) is 7.32. The Morgan fingerprint density at radius 1 is 1.33 bits per heavy atom. The van der Waals surface area contributed by atoms with Crippen LogP contribution in [0.2, 0.25) is 0 Å². The van der Waals surface area contributed by atoms with Crippen molar-refractivity contribution in [3.8, 4) is 5.75 Å². The Morgan fingerprint density at radius 3 is 2.70 bits per heavy atom. The molecule has 1 N–H and O–H groups in total. The summed E-state index contributed by atoms with van der Waals surface area (Å²) >= 11 is 1.33. The van der Waals surface area contributed by atoms with Gasteiger partial charge in [0.25, 0.3) is 0 Å². The summed E-state index contributed by atoms with van der Waals surface area (Å²) in [7, 11) is 0.489. The summed E-state index contributed by atoms with van der Waals surface area (Å²) in [5.74, 6) is 0.281. The number of carbonyl (C=O) groups excluding carboxylic acids is 2. The van der Waals surface area contributed by atoms with Crippen LogP contribution in [0.25, 0.3) is 0 Å². The zero-order chi connectivity index (χ0) is 21.1. The van der Waals surface area contributed by atoms with Crippen molar-refractivity contribution in [2.45, 2.75) is 30.6 Å². The Bertz CT molecular complexity index is 915. The van der Waals surface area contributed by atoms with Gasteiger partial charge in [0, 0.05) is 36.3 Å². The highest BCUT2D eigenvalue weighted by atomic mass is 32.2. The van der Waals surface area contributed by atoms with Gasteiger partial charge in [-0.2, -0.15) is 0 Å². The fourth-order valence-corrected chi connectivity index (χ4v) is 5.42. The summed E-state index contributed by atoms with van der Waals surface area (Å²) in [5, 5.41) is 5.29. The van der Waals surface area contributed by atoms with Crippen LogP contribution in [0.4, 0.5) is 5.13 Å². The number of thiazole rings is 1. The molecule has 10 heteroatoms. The fraction of sp³-hybridized carbons (Fsp3) is 0.450. The monoisotopic (exact) mass is 448 g/mol. The van der Waals surface area contributed by atoms with Crippen LogP contribution in [0, 0.1) is 0 Å². The number of hydrogen-bond donors (Lipinski definition) is 1. The number of anilines is 1. The van der Waals surface area contributed by atoms with E-state index in [0.29, 0.717) is 24.6 Å². The number of aromatic nitrogens is 1. The van der Waals surface area contributed by atoms with E-state index in [-0.39, 0.29) is 23.6 Å². The predicted molar refractivity (Wildman–Crippen MR) is 116 cm³/mol.